The monoisotopic (exact) mass is 276 g/mol. The van der Waals surface area contributed by atoms with E-state index in [4.69, 9.17) is 17.3 Å². The van der Waals surface area contributed by atoms with Gasteiger partial charge >= 0.3 is 0 Å². The summed E-state index contributed by atoms with van der Waals surface area (Å²) in [6.07, 6.45) is 0.905. The van der Waals surface area contributed by atoms with Gasteiger partial charge in [0.15, 0.2) is 5.82 Å². The Labute approximate surface area is 118 Å². The molecule has 2 aromatic rings. The Morgan fingerprint density at radius 1 is 1.26 bits per heavy atom. The largest absolute Gasteiger partial charge is 0.394 e. The molecule has 0 aliphatic rings. The first-order valence-corrected chi connectivity index (χ1v) is 6.53. The van der Waals surface area contributed by atoms with Crippen LogP contribution in [-0.2, 0) is 6.42 Å². The summed E-state index contributed by atoms with van der Waals surface area (Å²) in [6, 6.07) is 8.42. The molecule has 19 heavy (non-hydrogen) atoms. The lowest BCUT2D eigenvalue weighted by Gasteiger charge is -2.10. The minimum absolute atomic E-state index is 0.213. The summed E-state index contributed by atoms with van der Waals surface area (Å²) >= 11 is 5.82. The van der Waals surface area contributed by atoms with Gasteiger partial charge < -0.3 is 11.1 Å². The van der Waals surface area contributed by atoms with Crippen LogP contribution in [0.3, 0.4) is 0 Å². The van der Waals surface area contributed by atoms with Gasteiger partial charge in [-0.05, 0) is 37.4 Å². The average Bonchev–Trinajstić information content (AvgIpc) is 2.35. The molecule has 2 rings (SSSR count). The highest BCUT2D eigenvalue weighted by molar-refractivity contribution is 6.28. The smallest absolute Gasteiger partial charge is 0.224 e. The maximum absolute atomic E-state index is 5.91. The van der Waals surface area contributed by atoms with E-state index >= 15 is 0 Å². The van der Waals surface area contributed by atoms with Crippen molar-refractivity contribution in [2.75, 3.05) is 17.6 Å². The quantitative estimate of drug-likeness (QED) is 0.843. The Kier molecular flexibility index (Phi) is 4.22. The fourth-order valence-electron chi connectivity index (χ4n) is 1.88. The van der Waals surface area contributed by atoms with Crippen molar-refractivity contribution in [2.24, 2.45) is 0 Å². The molecule has 0 radical (unpaired) electrons. The van der Waals surface area contributed by atoms with Crippen LogP contribution >= 0.6 is 11.6 Å². The van der Waals surface area contributed by atoms with Crippen LogP contribution in [0.2, 0.25) is 5.28 Å². The lowest BCUT2D eigenvalue weighted by atomic mass is 10.1. The maximum Gasteiger partial charge on any atom is 0.224 e. The third-order valence-corrected chi connectivity index (χ3v) is 3.07. The number of hydrogen-bond acceptors (Lipinski definition) is 4. The Balaban J connectivity index is 2.00. The summed E-state index contributed by atoms with van der Waals surface area (Å²) < 4.78 is 0. The first kappa shape index (κ1) is 13.6. The number of anilines is 2. The molecule has 0 fully saturated rings. The number of hydrogen-bond donors (Lipinski definition) is 2. The molecule has 0 saturated heterocycles. The molecule has 0 aliphatic carbocycles. The van der Waals surface area contributed by atoms with Gasteiger partial charge in [-0.15, -0.1) is 0 Å². The second-order valence-corrected chi connectivity index (χ2v) is 4.84. The van der Waals surface area contributed by atoms with E-state index in [-0.39, 0.29) is 5.28 Å². The predicted molar refractivity (Wildman–Crippen MR) is 79.6 cm³/mol. The standard InChI is InChI=1S/C14H17ClN4/c1-9-4-3-5-11(8-9)6-7-17-13-12(16)10(2)18-14(15)19-13/h3-5,8H,6-7,16H2,1-2H3,(H,17,18,19). The maximum atomic E-state index is 5.91. The number of nitrogens with two attached hydrogens (primary N) is 1. The van der Waals surface area contributed by atoms with E-state index in [1.54, 1.807) is 0 Å². The van der Waals surface area contributed by atoms with E-state index in [0.29, 0.717) is 17.2 Å². The average molecular weight is 277 g/mol. The number of aromatic nitrogens is 2. The Hall–Kier alpha value is -1.81. The number of benzene rings is 1. The van der Waals surface area contributed by atoms with Crippen molar-refractivity contribution in [1.82, 2.24) is 9.97 Å². The number of halogens is 1. The number of nitrogens with one attached hydrogen (secondary N) is 1. The molecule has 3 N–H and O–H groups in total. The number of nitrogens with zero attached hydrogens (tertiary/aromatic N) is 2. The van der Waals surface area contributed by atoms with Crippen LogP contribution in [0, 0.1) is 13.8 Å². The van der Waals surface area contributed by atoms with Gasteiger partial charge in [0.1, 0.15) is 0 Å². The Morgan fingerprint density at radius 3 is 2.79 bits per heavy atom. The Bertz CT molecular complexity index is 584. The van der Waals surface area contributed by atoms with Gasteiger partial charge in [-0.25, -0.2) is 4.98 Å². The van der Waals surface area contributed by atoms with Gasteiger partial charge in [0, 0.05) is 6.54 Å². The highest BCUT2D eigenvalue weighted by Gasteiger charge is 2.06. The zero-order valence-corrected chi connectivity index (χ0v) is 11.8. The van der Waals surface area contributed by atoms with E-state index < -0.39 is 0 Å². The molecule has 0 atom stereocenters. The molecule has 5 heteroatoms. The first-order valence-electron chi connectivity index (χ1n) is 6.15. The van der Waals surface area contributed by atoms with Gasteiger partial charge in [0.25, 0.3) is 0 Å². The van der Waals surface area contributed by atoms with E-state index in [2.05, 4.69) is 46.5 Å². The molecule has 0 bridgehead atoms. The van der Waals surface area contributed by atoms with Crippen molar-refractivity contribution in [2.45, 2.75) is 20.3 Å². The van der Waals surface area contributed by atoms with Gasteiger partial charge in [0.05, 0.1) is 11.4 Å². The lowest BCUT2D eigenvalue weighted by molar-refractivity contribution is 0.993. The summed E-state index contributed by atoms with van der Waals surface area (Å²) in [5.74, 6) is 0.602. The molecule has 0 unspecified atom stereocenters. The van der Waals surface area contributed by atoms with Crippen LogP contribution in [0.5, 0.6) is 0 Å². The van der Waals surface area contributed by atoms with E-state index in [0.717, 1.165) is 13.0 Å². The molecule has 0 amide bonds. The third kappa shape index (κ3) is 3.58. The van der Waals surface area contributed by atoms with Crippen LogP contribution in [0.25, 0.3) is 0 Å². The minimum atomic E-state index is 0.213. The molecular weight excluding hydrogens is 260 g/mol. The van der Waals surface area contributed by atoms with Crippen LogP contribution in [0.4, 0.5) is 11.5 Å². The fourth-order valence-corrected chi connectivity index (χ4v) is 2.09. The van der Waals surface area contributed by atoms with E-state index in [1.807, 2.05) is 6.92 Å². The zero-order chi connectivity index (χ0) is 13.8. The summed E-state index contributed by atoms with van der Waals surface area (Å²) in [5, 5.41) is 3.41. The topological polar surface area (TPSA) is 63.8 Å². The molecule has 0 saturated carbocycles. The Morgan fingerprint density at radius 2 is 2.05 bits per heavy atom. The van der Waals surface area contributed by atoms with Crippen LogP contribution < -0.4 is 11.1 Å². The summed E-state index contributed by atoms with van der Waals surface area (Å²) in [6.45, 7) is 4.65. The van der Waals surface area contributed by atoms with Crippen molar-refractivity contribution < 1.29 is 0 Å². The first-order chi connectivity index (χ1) is 9.06. The number of nitrogen functional groups attached to an aromatic ring is 1. The minimum Gasteiger partial charge on any atom is -0.394 e. The molecule has 4 nitrogen and oxygen atoms in total. The van der Waals surface area contributed by atoms with E-state index in [1.165, 1.54) is 11.1 Å². The molecule has 1 aromatic heterocycles. The molecule has 1 heterocycles. The van der Waals surface area contributed by atoms with Crippen molar-refractivity contribution in [3.8, 4) is 0 Å². The third-order valence-electron chi connectivity index (χ3n) is 2.90. The van der Waals surface area contributed by atoms with Gasteiger partial charge in [-0.3, -0.25) is 0 Å². The lowest BCUT2D eigenvalue weighted by Crippen LogP contribution is -2.10. The second-order valence-electron chi connectivity index (χ2n) is 4.51. The van der Waals surface area contributed by atoms with Crippen molar-refractivity contribution in [3.05, 3.63) is 46.4 Å². The summed E-state index contributed by atoms with van der Waals surface area (Å²) in [7, 11) is 0. The van der Waals surface area contributed by atoms with Gasteiger partial charge in [0.2, 0.25) is 5.28 Å². The summed E-state index contributed by atoms with van der Waals surface area (Å²) in [4.78, 5) is 8.10. The van der Waals surface area contributed by atoms with Crippen LogP contribution in [0.1, 0.15) is 16.8 Å². The molecular formula is C14H17ClN4. The number of aryl methyl sites for hydroxylation is 2. The van der Waals surface area contributed by atoms with Gasteiger partial charge in [-0.2, -0.15) is 4.98 Å². The van der Waals surface area contributed by atoms with Crippen LogP contribution in [0.15, 0.2) is 24.3 Å². The van der Waals surface area contributed by atoms with Gasteiger partial charge in [-0.1, -0.05) is 29.8 Å². The van der Waals surface area contributed by atoms with Crippen LogP contribution in [-0.4, -0.2) is 16.5 Å². The highest BCUT2D eigenvalue weighted by Crippen LogP contribution is 2.20. The molecule has 0 aliphatic heterocycles. The van der Waals surface area contributed by atoms with Crippen molar-refractivity contribution >= 4 is 23.1 Å². The molecule has 1 aromatic carbocycles. The highest BCUT2D eigenvalue weighted by atomic mass is 35.5. The SMILES string of the molecule is Cc1cccc(CCNc2nc(Cl)nc(C)c2N)c1. The van der Waals surface area contributed by atoms with Crippen molar-refractivity contribution in [1.29, 1.82) is 0 Å². The normalized spacial score (nSPS) is 10.5. The van der Waals surface area contributed by atoms with Crippen molar-refractivity contribution in [3.63, 3.8) is 0 Å². The number of rotatable bonds is 4. The molecule has 0 spiro atoms. The predicted octanol–water partition coefficient (Wildman–Crippen LogP) is 2.98. The van der Waals surface area contributed by atoms with E-state index in [9.17, 15) is 0 Å². The summed E-state index contributed by atoms with van der Waals surface area (Å²) in [5.41, 5.74) is 9.69. The second kappa shape index (κ2) is 5.89. The molecule has 100 valence electrons. The fraction of sp³-hybridized carbons (Fsp3) is 0.286. The zero-order valence-electron chi connectivity index (χ0n) is 11.1.